The van der Waals surface area contributed by atoms with Crippen molar-refractivity contribution in [1.82, 2.24) is 6.15 Å². The Morgan fingerprint density at radius 2 is 1.60 bits per heavy atom. The highest BCUT2D eigenvalue weighted by Gasteiger charge is 1.10. The van der Waals surface area contributed by atoms with Crippen LogP contribution in [0.1, 0.15) is 0 Å². The summed E-state index contributed by atoms with van der Waals surface area (Å²) in [5, 5.41) is 5.86. The molecular weight excluding hydrogens is 89.5 g/mol. The van der Waals surface area contributed by atoms with E-state index in [0.717, 1.165) is 6.34 Å². The minimum atomic E-state index is 0. The van der Waals surface area contributed by atoms with Crippen molar-refractivity contribution < 1.29 is 0 Å². The molecule has 5 heavy (non-hydrogen) atoms. The van der Waals surface area contributed by atoms with Gasteiger partial charge in [-0.25, -0.2) is 0 Å². The van der Waals surface area contributed by atoms with E-state index in [9.17, 15) is 0 Å². The Morgan fingerprint density at radius 3 is 1.60 bits per heavy atom. The molecule has 34 valence electrons. The van der Waals surface area contributed by atoms with E-state index < -0.39 is 0 Å². The summed E-state index contributed by atoms with van der Waals surface area (Å²) in [6.07, 6.45) is 0.750. The molecule has 0 aromatic rings. The fourth-order valence-electron chi connectivity index (χ4n) is 0. The molecule has 0 amide bonds. The third-order valence-corrected chi connectivity index (χ3v) is 0. The van der Waals surface area contributed by atoms with Crippen LogP contribution in [0.2, 0.25) is 0 Å². The molecule has 0 aliphatic rings. The summed E-state index contributed by atoms with van der Waals surface area (Å²) in [6, 6.07) is 0. The highest BCUT2D eigenvalue weighted by atomic mass is 35.5. The monoisotopic (exact) mass is 97.0 g/mol. The molecule has 0 bridgehead atoms. The molecule has 0 aromatic heterocycles. The van der Waals surface area contributed by atoms with Gasteiger partial charge in [0.05, 0.1) is 6.34 Å². The molecule has 0 saturated carbocycles. The van der Waals surface area contributed by atoms with Crippen molar-refractivity contribution in [3.8, 4) is 0 Å². The van der Waals surface area contributed by atoms with E-state index in [4.69, 9.17) is 5.41 Å². The lowest BCUT2D eigenvalue weighted by Crippen LogP contribution is -1.81. The maximum atomic E-state index is 5.86. The molecule has 0 aliphatic carbocycles. The summed E-state index contributed by atoms with van der Waals surface area (Å²) in [7, 11) is 0. The number of nitrogens with one attached hydrogen (secondary N) is 1. The number of nitrogens with two attached hydrogens (primary N) is 1. The van der Waals surface area contributed by atoms with Gasteiger partial charge in [0, 0.05) is 0 Å². The smallest absolute Gasteiger partial charge is 0.0765 e. The van der Waals surface area contributed by atoms with Gasteiger partial charge in [0.2, 0.25) is 0 Å². The van der Waals surface area contributed by atoms with E-state index in [1.165, 1.54) is 0 Å². The first-order chi connectivity index (χ1) is 1.41. The quantitative estimate of drug-likeness (QED) is 0.297. The molecule has 0 aliphatic heterocycles. The number of hydrogen-bond acceptors (Lipinski definition) is 2. The first kappa shape index (κ1) is 22.1. The Morgan fingerprint density at radius 1 is 1.60 bits per heavy atom. The summed E-state index contributed by atoms with van der Waals surface area (Å²) >= 11 is 0. The largest absolute Gasteiger partial charge is 0.390 e. The van der Waals surface area contributed by atoms with Gasteiger partial charge in [0.25, 0.3) is 0 Å². The molecule has 0 aromatic carbocycles. The molecule has 0 rings (SSSR count). The van der Waals surface area contributed by atoms with Gasteiger partial charge in [0.15, 0.2) is 0 Å². The SMILES string of the molecule is Cl.N.N=CN. The molecule has 0 unspecified atom stereocenters. The third kappa shape index (κ3) is 140. The van der Waals surface area contributed by atoms with E-state index in [1.807, 2.05) is 0 Å². The van der Waals surface area contributed by atoms with Crippen LogP contribution in [0, 0.1) is 5.41 Å². The Hall–Kier alpha value is -0.280. The average Bonchev–Trinajstić information content (AvgIpc) is 0.918. The van der Waals surface area contributed by atoms with Crippen molar-refractivity contribution >= 4 is 18.7 Å². The minimum Gasteiger partial charge on any atom is -0.390 e. The molecule has 6 N–H and O–H groups in total. The molecule has 4 heteroatoms. The highest BCUT2D eigenvalue weighted by molar-refractivity contribution is 5.85. The van der Waals surface area contributed by atoms with Crippen LogP contribution < -0.4 is 11.9 Å². The molecular formula is CH8ClN3. The summed E-state index contributed by atoms with van der Waals surface area (Å²) in [6.45, 7) is 0. The zero-order chi connectivity index (χ0) is 2.71. The molecule has 3 nitrogen and oxygen atoms in total. The van der Waals surface area contributed by atoms with Crippen molar-refractivity contribution in [3.05, 3.63) is 0 Å². The van der Waals surface area contributed by atoms with E-state index in [0.29, 0.717) is 0 Å². The number of halogens is 1. The Bertz CT molecular complexity index is 14.4. The molecule has 0 fully saturated rings. The van der Waals surface area contributed by atoms with Crippen molar-refractivity contribution in [2.45, 2.75) is 0 Å². The molecule has 0 atom stereocenters. The van der Waals surface area contributed by atoms with Gasteiger partial charge >= 0.3 is 0 Å². The van der Waals surface area contributed by atoms with Crippen molar-refractivity contribution in [3.63, 3.8) is 0 Å². The summed E-state index contributed by atoms with van der Waals surface area (Å²) < 4.78 is 0. The van der Waals surface area contributed by atoms with Gasteiger partial charge in [-0.15, -0.1) is 12.4 Å². The zero-order valence-electron chi connectivity index (χ0n) is 2.77. The van der Waals surface area contributed by atoms with Crippen LogP contribution in [0.5, 0.6) is 0 Å². The van der Waals surface area contributed by atoms with Gasteiger partial charge in [-0.1, -0.05) is 0 Å². The normalized spacial score (nSPS) is 2.40. The van der Waals surface area contributed by atoms with Crippen molar-refractivity contribution in [2.24, 2.45) is 5.73 Å². The molecule has 0 radical (unpaired) electrons. The lowest BCUT2D eigenvalue weighted by molar-refractivity contribution is 1.52. The second-order valence-corrected chi connectivity index (χ2v) is 0.167. The van der Waals surface area contributed by atoms with Crippen molar-refractivity contribution in [2.75, 3.05) is 0 Å². The van der Waals surface area contributed by atoms with E-state index >= 15 is 0 Å². The van der Waals surface area contributed by atoms with E-state index in [-0.39, 0.29) is 18.6 Å². The number of rotatable bonds is 0. The number of hydrogen-bond donors (Lipinski definition) is 3. The second-order valence-electron chi connectivity index (χ2n) is 0.167. The summed E-state index contributed by atoms with van der Waals surface area (Å²) in [5.74, 6) is 0. The van der Waals surface area contributed by atoms with Crippen molar-refractivity contribution in [1.29, 1.82) is 5.41 Å². The van der Waals surface area contributed by atoms with Crippen LogP contribution in [0.3, 0.4) is 0 Å². The van der Waals surface area contributed by atoms with Crippen LogP contribution >= 0.6 is 12.4 Å². The fourth-order valence-corrected chi connectivity index (χ4v) is 0. The molecule has 0 saturated heterocycles. The van der Waals surface area contributed by atoms with Gasteiger partial charge in [-0.3, -0.25) is 5.41 Å². The fraction of sp³-hybridized carbons (Fsp3) is 0. The van der Waals surface area contributed by atoms with Gasteiger partial charge in [-0.2, -0.15) is 0 Å². The van der Waals surface area contributed by atoms with Crippen LogP contribution in [-0.2, 0) is 0 Å². The predicted octanol–water partition coefficient (Wildman–Crippen LogP) is 0.136. The Balaban J connectivity index is -0.0000000200. The first-order valence-corrected chi connectivity index (χ1v) is 0.622. The topological polar surface area (TPSA) is 84.9 Å². The van der Waals surface area contributed by atoms with E-state index in [1.54, 1.807) is 0 Å². The van der Waals surface area contributed by atoms with Crippen LogP contribution in [0.15, 0.2) is 0 Å². The predicted molar refractivity (Wildman–Crippen MR) is 25.2 cm³/mol. The zero-order valence-corrected chi connectivity index (χ0v) is 3.59. The standard InChI is InChI=1S/CH4N2.ClH.H3N/c2-1-3;;/h1H,(H3,2,3);1H;1H3. The highest BCUT2D eigenvalue weighted by Crippen LogP contribution is 0.879. The summed E-state index contributed by atoms with van der Waals surface area (Å²) in [5.41, 5.74) is 4.39. The first-order valence-electron chi connectivity index (χ1n) is 0.622. The van der Waals surface area contributed by atoms with Crippen LogP contribution in [0.25, 0.3) is 0 Å². The summed E-state index contributed by atoms with van der Waals surface area (Å²) in [4.78, 5) is 0. The Labute approximate surface area is 37.1 Å². The lowest BCUT2D eigenvalue weighted by atomic mass is 11.4. The van der Waals surface area contributed by atoms with Crippen LogP contribution in [-0.4, -0.2) is 6.34 Å². The minimum absolute atomic E-state index is 0. The Kier molecular flexibility index (Phi) is 234. The average molecular weight is 97.5 g/mol. The maximum Gasteiger partial charge on any atom is 0.0765 e. The van der Waals surface area contributed by atoms with Gasteiger partial charge in [-0.05, 0) is 0 Å². The second kappa shape index (κ2) is 53.1. The van der Waals surface area contributed by atoms with Crippen LogP contribution in [0.4, 0.5) is 0 Å². The maximum absolute atomic E-state index is 5.86. The molecule has 0 spiro atoms. The van der Waals surface area contributed by atoms with E-state index in [2.05, 4.69) is 5.73 Å². The lowest BCUT2D eigenvalue weighted by Gasteiger charge is -1.38. The van der Waals surface area contributed by atoms with Gasteiger partial charge < -0.3 is 11.9 Å². The third-order valence-electron chi connectivity index (χ3n) is 0. The van der Waals surface area contributed by atoms with Gasteiger partial charge in [0.1, 0.15) is 0 Å². The molecule has 0 heterocycles.